The summed E-state index contributed by atoms with van der Waals surface area (Å²) in [6, 6.07) is -0.490. The van der Waals surface area contributed by atoms with E-state index < -0.39 is 11.5 Å². The van der Waals surface area contributed by atoms with Gasteiger partial charge in [-0.3, -0.25) is 9.59 Å². The summed E-state index contributed by atoms with van der Waals surface area (Å²) in [7, 11) is 1.87. The minimum absolute atomic E-state index is 0. The number of amides is 2. The Balaban J connectivity index is 0. The third-order valence-electron chi connectivity index (χ3n) is 2.32. The molecule has 108 valence electrons. The van der Waals surface area contributed by atoms with E-state index >= 15 is 0 Å². The van der Waals surface area contributed by atoms with Crippen molar-refractivity contribution in [1.82, 2.24) is 16.0 Å². The Labute approximate surface area is 116 Å². The molecule has 0 bridgehead atoms. The standard InChI is InChI=1S/C12H25N3O2.ClH/c1-9(15-11(17)12(2,3)4)10(16)14-8-6-7-13-5;/h9,13H,6-8H2,1-5H3,(H,14,16)(H,15,17);1H. The first-order valence-electron chi connectivity index (χ1n) is 6.02. The smallest absolute Gasteiger partial charge is 0.242 e. The lowest BCUT2D eigenvalue weighted by atomic mass is 9.95. The Hall–Kier alpha value is -0.810. The molecule has 3 N–H and O–H groups in total. The third kappa shape index (κ3) is 8.31. The van der Waals surface area contributed by atoms with Gasteiger partial charge in [-0.25, -0.2) is 0 Å². The number of nitrogens with one attached hydrogen (secondary N) is 3. The summed E-state index contributed by atoms with van der Waals surface area (Å²) in [6.45, 7) is 8.63. The van der Waals surface area contributed by atoms with Crippen molar-refractivity contribution in [3.63, 3.8) is 0 Å². The number of carbonyl (C=O) groups is 2. The molecule has 2 amide bonds. The SMILES string of the molecule is CNCCCNC(=O)C(C)NC(=O)C(C)(C)C.Cl. The molecule has 1 atom stereocenters. The van der Waals surface area contributed by atoms with Crippen LogP contribution in [0.25, 0.3) is 0 Å². The van der Waals surface area contributed by atoms with Crippen molar-refractivity contribution < 1.29 is 9.59 Å². The van der Waals surface area contributed by atoms with E-state index in [2.05, 4.69) is 16.0 Å². The molecule has 0 aliphatic heterocycles. The summed E-state index contributed by atoms with van der Waals surface area (Å²) in [5.41, 5.74) is -0.472. The molecule has 0 heterocycles. The van der Waals surface area contributed by atoms with Gasteiger partial charge in [-0.15, -0.1) is 12.4 Å². The lowest BCUT2D eigenvalue weighted by molar-refractivity contribution is -0.133. The van der Waals surface area contributed by atoms with Crippen LogP contribution < -0.4 is 16.0 Å². The van der Waals surface area contributed by atoms with Crippen molar-refractivity contribution in [2.45, 2.75) is 40.2 Å². The summed E-state index contributed by atoms with van der Waals surface area (Å²) in [4.78, 5) is 23.3. The topological polar surface area (TPSA) is 70.2 Å². The minimum atomic E-state index is -0.490. The average molecular weight is 280 g/mol. The van der Waals surface area contributed by atoms with E-state index in [0.717, 1.165) is 13.0 Å². The summed E-state index contributed by atoms with van der Waals surface area (Å²) in [6.07, 6.45) is 0.877. The maximum atomic E-state index is 11.7. The first kappa shape index (κ1) is 19.5. The second-order valence-corrected chi connectivity index (χ2v) is 5.19. The van der Waals surface area contributed by atoms with Crippen LogP contribution in [0.4, 0.5) is 0 Å². The summed E-state index contributed by atoms with van der Waals surface area (Å²) >= 11 is 0. The van der Waals surface area contributed by atoms with Crippen LogP contribution in [0, 0.1) is 5.41 Å². The van der Waals surface area contributed by atoms with Gasteiger partial charge in [0.1, 0.15) is 6.04 Å². The number of carbonyl (C=O) groups excluding carboxylic acids is 2. The van der Waals surface area contributed by atoms with Crippen LogP contribution in [0.1, 0.15) is 34.1 Å². The molecular formula is C12H26ClN3O2. The van der Waals surface area contributed by atoms with Crippen molar-refractivity contribution in [1.29, 1.82) is 0 Å². The molecule has 0 aromatic carbocycles. The van der Waals surface area contributed by atoms with E-state index in [0.29, 0.717) is 6.54 Å². The maximum absolute atomic E-state index is 11.7. The van der Waals surface area contributed by atoms with Crippen molar-refractivity contribution in [2.24, 2.45) is 5.41 Å². The van der Waals surface area contributed by atoms with Crippen molar-refractivity contribution in [2.75, 3.05) is 20.1 Å². The Bertz CT molecular complexity index is 265. The van der Waals surface area contributed by atoms with Gasteiger partial charge in [0, 0.05) is 12.0 Å². The summed E-state index contributed by atoms with van der Waals surface area (Å²) < 4.78 is 0. The maximum Gasteiger partial charge on any atom is 0.242 e. The van der Waals surface area contributed by atoms with Crippen LogP contribution in [0.15, 0.2) is 0 Å². The van der Waals surface area contributed by atoms with E-state index in [1.54, 1.807) is 6.92 Å². The van der Waals surface area contributed by atoms with E-state index in [1.165, 1.54) is 0 Å². The van der Waals surface area contributed by atoms with Gasteiger partial charge in [0.05, 0.1) is 0 Å². The highest BCUT2D eigenvalue weighted by Gasteiger charge is 2.24. The molecule has 0 saturated heterocycles. The third-order valence-corrected chi connectivity index (χ3v) is 2.32. The predicted molar refractivity (Wildman–Crippen MR) is 75.9 cm³/mol. The van der Waals surface area contributed by atoms with Crippen LogP contribution in [0.5, 0.6) is 0 Å². The zero-order valence-corrected chi connectivity index (χ0v) is 12.7. The fraction of sp³-hybridized carbons (Fsp3) is 0.833. The van der Waals surface area contributed by atoms with Gasteiger partial charge in [-0.05, 0) is 26.9 Å². The van der Waals surface area contributed by atoms with Crippen molar-refractivity contribution >= 4 is 24.2 Å². The van der Waals surface area contributed by atoms with Gasteiger partial charge in [-0.1, -0.05) is 20.8 Å². The zero-order valence-electron chi connectivity index (χ0n) is 11.9. The quantitative estimate of drug-likeness (QED) is 0.627. The van der Waals surface area contributed by atoms with Crippen LogP contribution in [-0.2, 0) is 9.59 Å². The molecule has 0 radical (unpaired) electrons. The van der Waals surface area contributed by atoms with E-state index in [1.807, 2.05) is 27.8 Å². The monoisotopic (exact) mass is 279 g/mol. The largest absolute Gasteiger partial charge is 0.354 e. The second-order valence-electron chi connectivity index (χ2n) is 5.19. The highest BCUT2D eigenvalue weighted by atomic mass is 35.5. The highest BCUT2D eigenvalue weighted by molar-refractivity contribution is 5.89. The van der Waals surface area contributed by atoms with Gasteiger partial charge >= 0.3 is 0 Å². The average Bonchev–Trinajstić information content (AvgIpc) is 2.22. The lowest BCUT2D eigenvalue weighted by Gasteiger charge is -2.21. The molecule has 5 nitrogen and oxygen atoms in total. The van der Waals surface area contributed by atoms with Gasteiger partial charge in [-0.2, -0.15) is 0 Å². The Morgan fingerprint density at radius 1 is 1.17 bits per heavy atom. The molecule has 0 aromatic rings. The van der Waals surface area contributed by atoms with E-state index in [4.69, 9.17) is 0 Å². The van der Waals surface area contributed by atoms with Gasteiger partial charge < -0.3 is 16.0 Å². The number of rotatable bonds is 6. The highest BCUT2D eigenvalue weighted by Crippen LogP contribution is 2.12. The normalized spacial score (nSPS) is 12.3. The molecule has 0 aliphatic rings. The molecule has 18 heavy (non-hydrogen) atoms. The zero-order chi connectivity index (χ0) is 13.5. The van der Waals surface area contributed by atoms with Crippen LogP contribution in [-0.4, -0.2) is 38.0 Å². The van der Waals surface area contributed by atoms with Gasteiger partial charge in [0.15, 0.2) is 0 Å². The molecule has 0 fully saturated rings. The number of halogens is 1. The number of hydrogen-bond acceptors (Lipinski definition) is 3. The van der Waals surface area contributed by atoms with E-state index in [-0.39, 0.29) is 24.2 Å². The molecule has 0 spiro atoms. The second kappa shape index (κ2) is 9.16. The van der Waals surface area contributed by atoms with E-state index in [9.17, 15) is 9.59 Å². The van der Waals surface area contributed by atoms with Crippen molar-refractivity contribution in [3.8, 4) is 0 Å². The molecule has 0 aliphatic carbocycles. The molecule has 6 heteroatoms. The van der Waals surface area contributed by atoms with Crippen LogP contribution in [0.2, 0.25) is 0 Å². The summed E-state index contributed by atoms with van der Waals surface area (Å²) in [5, 5.41) is 8.48. The molecule has 0 aromatic heterocycles. The molecule has 0 rings (SSSR count). The molecule has 1 unspecified atom stereocenters. The fourth-order valence-corrected chi connectivity index (χ4v) is 1.11. The van der Waals surface area contributed by atoms with Crippen LogP contribution in [0.3, 0.4) is 0 Å². The molecule has 0 saturated carbocycles. The number of hydrogen-bond donors (Lipinski definition) is 3. The minimum Gasteiger partial charge on any atom is -0.354 e. The van der Waals surface area contributed by atoms with Crippen LogP contribution >= 0.6 is 12.4 Å². The first-order valence-corrected chi connectivity index (χ1v) is 6.02. The first-order chi connectivity index (χ1) is 7.79. The van der Waals surface area contributed by atoms with Crippen molar-refractivity contribution in [3.05, 3.63) is 0 Å². The Kier molecular flexibility index (Phi) is 9.94. The summed E-state index contributed by atoms with van der Waals surface area (Å²) in [5.74, 6) is -0.255. The molecular weight excluding hydrogens is 254 g/mol. The van der Waals surface area contributed by atoms with Gasteiger partial charge in [0.25, 0.3) is 0 Å². The lowest BCUT2D eigenvalue weighted by Crippen LogP contribution is -2.48. The predicted octanol–water partition coefficient (Wildman–Crippen LogP) is 0.685. The fourth-order valence-electron chi connectivity index (χ4n) is 1.11. The Morgan fingerprint density at radius 3 is 2.17 bits per heavy atom. The Morgan fingerprint density at radius 2 is 1.72 bits per heavy atom. The van der Waals surface area contributed by atoms with Gasteiger partial charge in [0.2, 0.25) is 11.8 Å².